The normalized spacial score (nSPS) is 11.5. The molecule has 0 fully saturated rings. The Hall–Kier alpha value is -8.98. The van der Waals surface area contributed by atoms with Crippen molar-refractivity contribution in [1.82, 2.24) is 4.57 Å². The Morgan fingerprint density at radius 1 is 0.265 bits per heavy atom. The van der Waals surface area contributed by atoms with Crippen LogP contribution in [0.25, 0.3) is 104 Å². The summed E-state index contributed by atoms with van der Waals surface area (Å²) in [5, 5.41) is 9.80. The van der Waals surface area contributed by atoms with Gasteiger partial charge in [0.2, 0.25) is 0 Å². The molecule has 13 rings (SSSR count). The molecule has 1 heterocycles. The largest absolute Gasteiger partial charge is 0.310 e. The van der Waals surface area contributed by atoms with E-state index in [1.165, 1.54) is 87.5 Å². The number of hydrogen-bond donors (Lipinski definition) is 0. The van der Waals surface area contributed by atoms with E-state index in [1.54, 1.807) is 0 Å². The zero-order valence-electron chi connectivity index (χ0n) is 37.3. The predicted molar refractivity (Wildman–Crippen MR) is 290 cm³/mol. The molecule has 2 nitrogen and oxygen atoms in total. The number of anilines is 3. The van der Waals surface area contributed by atoms with Crippen LogP contribution in [-0.4, -0.2) is 4.57 Å². The van der Waals surface area contributed by atoms with Crippen LogP contribution in [0.3, 0.4) is 0 Å². The van der Waals surface area contributed by atoms with Gasteiger partial charge >= 0.3 is 0 Å². The maximum absolute atomic E-state index is 2.47. The molecule has 0 aliphatic carbocycles. The quantitative estimate of drug-likeness (QED) is 0.138. The van der Waals surface area contributed by atoms with E-state index in [1.807, 2.05) is 0 Å². The highest BCUT2D eigenvalue weighted by molar-refractivity contribution is 6.23. The van der Waals surface area contributed by atoms with E-state index in [2.05, 4.69) is 276 Å². The van der Waals surface area contributed by atoms with Crippen molar-refractivity contribution in [2.45, 2.75) is 0 Å². The van der Waals surface area contributed by atoms with E-state index in [4.69, 9.17) is 0 Å². The highest BCUT2D eigenvalue weighted by atomic mass is 15.1. The number of rotatable bonds is 8. The maximum Gasteiger partial charge on any atom is 0.0553 e. The molecule has 13 aromatic rings. The number of para-hydroxylation sites is 2. The fourth-order valence-electron chi connectivity index (χ4n) is 10.6. The molecule has 2 heteroatoms. The number of hydrogen-bond acceptors (Lipinski definition) is 1. The van der Waals surface area contributed by atoms with Crippen LogP contribution in [0.1, 0.15) is 0 Å². The molecule has 318 valence electrons. The van der Waals surface area contributed by atoms with Gasteiger partial charge in [0, 0.05) is 33.2 Å². The zero-order chi connectivity index (χ0) is 45.0. The number of nitrogens with zero attached hydrogens (tertiary/aromatic N) is 2. The minimum absolute atomic E-state index is 1.08. The molecule has 0 aliphatic heterocycles. The predicted octanol–water partition coefficient (Wildman–Crippen LogP) is 18.4. The van der Waals surface area contributed by atoms with Crippen molar-refractivity contribution in [2.75, 3.05) is 4.90 Å². The second kappa shape index (κ2) is 16.5. The first-order valence-corrected chi connectivity index (χ1v) is 23.4. The second-order valence-corrected chi connectivity index (χ2v) is 17.7. The molecule has 68 heavy (non-hydrogen) atoms. The van der Waals surface area contributed by atoms with Crippen LogP contribution < -0.4 is 4.90 Å². The van der Waals surface area contributed by atoms with Gasteiger partial charge in [-0.15, -0.1) is 0 Å². The molecular weight excluding hydrogens is 821 g/mol. The third-order valence-electron chi connectivity index (χ3n) is 13.7. The van der Waals surface area contributed by atoms with Crippen LogP contribution in [-0.2, 0) is 0 Å². The van der Waals surface area contributed by atoms with Gasteiger partial charge < -0.3 is 9.47 Å². The molecule has 0 unspecified atom stereocenters. The van der Waals surface area contributed by atoms with Gasteiger partial charge in [-0.05, 0) is 144 Å². The highest BCUT2D eigenvalue weighted by Crippen LogP contribution is 2.47. The van der Waals surface area contributed by atoms with Crippen molar-refractivity contribution in [3.8, 4) is 50.2 Å². The molecular formula is C66H44N2. The number of aromatic nitrogens is 1. The first-order chi connectivity index (χ1) is 33.7. The minimum Gasteiger partial charge on any atom is -0.310 e. The average Bonchev–Trinajstić information content (AvgIpc) is 3.75. The molecule has 1 aromatic heterocycles. The Morgan fingerprint density at radius 2 is 0.765 bits per heavy atom. The van der Waals surface area contributed by atoms with E-state index in [0.717, 1.165) is 33.9 Å². The zero-order valence-corrected chi connectivity index (χ0v) is 37.3. The highest BCUT2D eigenvalue weighted by Gasteiger charge is 2.22. The summed E-state index contributed by atoms with van der Waals surface area (Å²) in [6, 6.07) is 97.6. The Bertz CT molecular complexity index is 3940. The van der Waals surface area contributed by atoms with Gasteiger partial charge in [-0.2, -0.15) is 0 Å². The van der Waals surface area contributed by atoms with Crippen molar-refractivity contribution in [2.24, 2.45) is 0 Å². The SMILES string of the molecule is c1ccc(-c2cc(-c3ccccc3)cc(-c3ccc(N(c4cccc(-c5c6ccccc6cc6c5c5ccccc5n6-c5ccccc5)c4)c4cc5ccccc5c5ccccc45)cc3)c2)cc1. The molecule has 0 radical (unpaired) electrons. The van der Waals surface area contributed by atoms with E-state index in [0.29, 0.717) is 0 Å². The lowest BCUT2D eigenvalue weighted by Gasteiger charge is -2.28. The van der Waals surface area contributed by atoms with Crippen molar-refractivity contribution in [3.05, 3.63) is 267 Å². The minimum atomic E-state index is 1.08. The van der Waals surface area contributed by atoms with Crippen LogP contribution in [0, 0.1) is 0 Å². The summed E-state index contributed by atoms with van der Waals surface area (Å²) in [5.74, 6) is 0. The monoisotopic (exact) mass is 864 g/mol. The van der Waals surface area contributed by atoms with Crippen LogP contribution in [0.5, 0.6) is 0 Å². The van der Waals surface area contributed by atoms with Gasteiger partial charge in [-0.25, -0.2) is 0 Å². The summed E-state index contributed by atoms with van der Waals surface area (Å²) in [6.07, 6.45) is 0. The summed E-state index contributed by atoms with van der Waals surface area (Å²) in [7, 11) is 0. The first kappa shape index (κ1) is 39.4. The molecule has 0 amide bonds. The molecule has 0 saturated heterocycles. The summed E-state index contributed by atoms with van der Waals surface area (Å²) < 4.78 is 2.43. The Labute approximate surface area is 395 Å². The number of benzene rings is 12. The molecule has 0 spiro atoms. The third kappa shape index (κ3) is 6.73. The molecule has 0 saturated carbocycles. The first-order valence-electron chi connectivity index (χ1n) is 23.4. The van der Waals surface area contributed by atoms with Gasteiger partial charge in [0.25, 0.3) is 0 Å². The number of fused-ring (bicyclic) bond motifs is 7. The fraction of sp³-hybridized carbons (Fsp3) is 0. The molecule has 12 aromatic carbocycles. The lowest BCUT2D eigenvalue weighted by Crippen LogP contribution is -2.11. The van der Waals surface area contributed by atoms with E-state index >= 15 is 0 Å². The summed E-state index contributed by atoms with van der Waals surface area (Å²) in [5.41, 5.74) is 16.4. The summed E-state index contributed by atoms with van der Waals surface area (Å²) in [4.78, 5) is 2.47. The van der Waals surface area contributed by atoms with Crippen molar-refractivity contribution in [3.63, 3.8) is 0 Å². The second-order valence-electron chi connectivity index (χ2n) is 17.7. The van der Waals surface area contributed by atoms with Crippen LogP contribution in [0.2, 0.25) is 0 Å². The lowest BCUT2D eigenvalue weighted by molar-refractivity contribution is 1.18. The van der Waals surface area contributed by atoms with E-state index in [-0.39, 0.29) is 0 Å². The van der Waals surface area contributed by atoms with Crippen LogP contribution >= 0.6 is 0 Å². The van der Waals surface area contributed by atoms with Crippen LogP contribution in [0.4, 0.5) is 17.1 Å². The molecule has 0 atom stereocenters. The fourth-order valence-corrected chi connectivity index (χ4v) is 10.6. The molecule has 0 N–H and O–H groups in total. The van der Waals surface area contributed by atoms with Crippen LogP contribution in [0.15, 0.2) is 267 Å². The van der Waals surface area contributed by atoms with Crippen molar-refractivity contribution >= 4 is 71.2 Å². The molecule has 0 aliphatic rings. The maximum atomic E-state index is 2.47. The lowest BCUT2D eigenvalue weighted by atomic mass is 9.92. The Morgan fingerprint density at radius 3 is 1.43 bits per heavy atom. The van der Waals surface area contributed by atoms with E-state index in [9.17, 15) is 0 Å². The standard InChI is InChI=1S/C66H44N2/c1-4-19-45(20-5-1)51-39-52(46-21-6-2-7-22-46)41-53(40-51)47-35-37-55(38-36-47)67(63-43-48-23-10-12-29-57(48)59-31-14-15-32-60(59)63)56-28-18-25-50(42-56)65-58-30-13-11-24-49(58)44-64-66(65)61-33-16-17-34-62(61)68(64)54-26-8-3-9-27-54/h1-44H. The van der Waals surface area contributed by atoms with Crippen molar-refractivity contribution < 1.29 is 0 Å². The Kier molecular flexibility index (Phi) is 9.54. The van der Waals surface area contributed by atoms with Crippen molar-refractivity contribution in [1.29, 1.82) is 0 Å². The average molecular weight is 865 g/mol. The Balaban J connectivity index is 1.03. The summed E-state index contributed by atoms with van der Waals surface area (Å²) >= 11 is 0. The smallest absolute Gasteiger partial charge is 0.0553 e. The molecule has 0 bridgehead atoms. The van der Waals surface area contributed by atoms with Gasteiger partial charge in [-0.3, -0.25) is 0 Å². The summed E-state index contributed by atoms with van der Waals surface area (Å²) in [6.45, 7) is 0. The van der Waals surface area contributed by atoms with Gasteiger partial charge in [-0.1, -0.05) is 194 Å². The van der Waals surface area contributed by atoms with Gasteiger partial charge in [0.1, 0.15) is 0 Å². The van der Waals surface area contributed by atoms with Gasteiger partial charge in [0.05, 0.1) is 16.7 Å². The topological polar surface area (TPSA) is 8.17 Å². The third-order valence-corrected chi connectivity index (χ3v) is 13.7. The van der Waals surface area contributed by atoms with Gasteiger partial charge in [0.15, 0.2) is 0 Å². The van der Waals surface area contributed by atoms with E-state index < -0.39 is 0 Å².